The van der Waals surface area contributed by atoms with Crippen molar-refractivity contribution in [3.63, 3.8) is 0 Å². The number of aromatic amines is 1. The summed E-state index contributed by atoms with van der Waals surface area (Å²) in [5.41, 5.74) is 5.45. The van der Waals surface area contributed by atoms with Gasteiger partial charge in [-0.05, 0) is 113 Å². The Morgan fingerprint density at radius 2 is 1.77 bits per heavy atom. The van der Waals surface area contributed by atoms with Crippen LogP contribution in [0.3, 0.4) is 0 Å². The highest BCUT2D eigenvalue weighted by molar-refractivity contribution is 6.35. The minimum absolute atomic E-state index is 0.0674. The van der Waals surface area contributed by atoms with Gasteiger partial charge in [0.2, 0.25) is 0 Å². The van der Waals surface area contributed by atoms with Gasteiger partial charge in [0.25, 0.3) is 11.8 Å². The third-order valence-corrected chi connectivity index (χ3v) is 11.9. The first-order valence-corrected chi connectivity index (χ1v) is 21.7. The fourth-order valence-electron chi connectivity index (χ4n) is 8.43. The number of esters is 2. The van der Waals surface area contributed by atoms with E-state index in [4.69, 9.17) is 9.47 Å². The Morgan fingerprint density at radius 1 is 1.00 bits per heavy atom. The van der Waals surface area contributed by atoms with E-state index in [1.165, 1.54) is 5.56 Å². The molecule has 1 fully saturated rings. The lowest BCUT2D eigenvalue weighted by atomic mass is 9.85. The molecule has 12 heteroatoms. The standard InChI is InChI=1S/C48H64N4O8/c1-6-44(55)60-43-30-42(54)36(37(43)24-22-34(53)21-20-33-16-12-11-13-17-33)18-14-9-10-15-19-45(56)59-35-23-25-40-38(28-35)39(47(57)51-40)29-41-31(4)46(32(5)50-41)48(58)49-26-27-52(7-2)8-3/h9,11-14,16-17,23,25,28-29,34,36-37,42-43,50,53-54H,6-8,10,15,18-22,24,26-27,30H2,1-5H3,(H,49,58)(H,51,57)/b14-9-,39-29-/t34-,36+,37+,42-,43+/m0/s1. The van der Waals surface area contributed by atoms with Crippen LogP contribution in [0.25, 0.3) is 11.6 Å². The number of hydrogen-bond acceptors (Lipinski definition) is 9. The first-order chi connectivity index (χ1) is 28.9. The van der Waals surface area contributed by atoms with E-state index in [9.17, 15) is 29.4 Å². The lowest BCUT2D eigenvalue weighted by molar-refractivity contribution is -0.151. The van der Waals surface area contributed by atoms with E-state index in [0.29, 0.717) is 91.0 Å². The molecule has 5 N–H and O–H groups in total. The molecule has 2 amide bonds. The van der Waals surface area contributed by atoms with Crippen LogP contribution in [0.1, 0.15) is 117 Å². The maximum Gasteiger partial charge on any atom is 0.311 e. The molecule has 0 radical (unpaired) electrons. The van der Waals surface area contributed by atoms with Crippen LogP contribution in [0.15, 0.2) is 60.7 Å². The summed E-state index contributed by atoms with van der Waals surface area (Å²) >= 11 is 0. The molecule has 324 valence electrons. The Kier molecular flexibility index (Phi) is 17.3. The summed E-state index contributed by atoms with van der Waals surface area (Å²) in [7, 11) is 0. The van der Waals surface area contributed by atoms with Crippen molar-refractivity contribution in [3.8, 4) is 5.75 Å². The molecule has 0 bridgehead atoms. The zero-order chi connectivity index (χ0) is 43.2. The predicted molar refractivity (Wildman–Crippen MR) is 234 cm³/mol. The average Bonchev–Trinajstić information content (AvgIpc) is 3.82. The van der Waals surface area contributed by atoms with Gasteiger partial charge in [-0.15, -0.1) is 0 Å². The van der Waals surface area contributed by atoms with E-state index in [2.05, 4.69) is 46.5 Å². The summed E-state index contributed by atoms with van der Waals surface area (Å²) in [6, 6.07) is 15.1. The SMILES string of the molecule is CCC(=O)O[C@@H]1C[C@H](O)[C@H](C/C=C\CCCC(=O)Oc2ccc3c(c2)/C(=C/c2[nH]c(C)c(C(=O)NCCN(CC)CC)c2C)C(=O)N3)[C@H]1CC[C@@H](O)CCc1ccccc1. The highest BCUT2D eigenvalue weighted by atomic mass is 16.5. The van der Waals surface area contributed by atoms with Crippen LogP contribution in [-0.4, -0.2) is 88.3 Å². The molecule has 5 atom stereocenters. The number of carbonyl (C=O) groups is 4. The number of hydrogen-bond donors (Lipinski definition) is 5. The van der Waals surface area contributed by atoms with Crippen LogP contribution < -0.4 is 15.4 Å². The largest absolute Gasteiger partial charge is 0.462 e. The van der Waals surface area contributed by atoms with Crippen LogP contribution in [-0.2, 0) is 25.5 Å². The van der Waals surface area contributed by atoms with Crippen molar-refractivity contribution >= 4 is 41.1 Å². The summed E-state index contributed by atoms with van der Waals surface area (Å²) in [5.74, 6) is -0.981. The molecule has 1 aliphatic carbocycles. The number of anilines is 1. The Balaban J connectivity index is 1.12. The van der Waals surface area contributed by atoms with Crippen LogP contribution in [0.5, 0.6) is 5.75 Å². The van der Waals surface area contributed by atoms with Crippen LogP contribution in [0, 0.1) is 25.7 Å². The van der Waals surface area contributed by atoms with Gasteiger partial charge in [0.05, 0.1) is 23.3 Å². The number of aliphatic hydroxyl groups excluding tert-OH is 2. The quantitative estimate of drug-likeness (QED) is 0.0229. The molecule has 0 saturated heterocycles. The topological polar surface area (TPSA) is 170 Å². The zero-order valence-corrected chi connectivity index (χ0v) is 35.9. The van der Waals surface area contributed by atoms with Gasteiger partial charge in [-0.2, -0.15) is 0 Å². The maximum atomic E-state index is 13.1. The molecule has 5 rings (SSSR count). The Hall–Kier alpha value is -5.04. The van der Waals surface area contributed by atoms with E-state index in [-0.39, 0.29) is 48.6 Å². The number of ether oxygens (including phenoxy) is 2. The third-order valence-electron chi connectivity index (χ3n) is 11.9. The first-order valence-electron chi connectivity index (χ1n) is 21.7. The lowest BCUT2D eigenvalue weighted by Crippen LogP contribution is -2.35. The van der Waals surface area contributed by atoms with Gasteiger partial charge < -0.3 is 40.2 Å². The molecular formula is C48H64N4O8. The molecule has 12 nitrogen and oxygen atoms in total. The number of likely N-dealkylation sites (N-methyl/N-ethyl adjacent to an activating group) is 1. The molecule has 1 aliphatic heterocycles. The lowest BCUT2D eigenvalue weighted by Gasteiger charge is -2.26. The number of amides is 2. The predicted octanol–water partition coefficient (Wildman–Crippen LogP) is 7.31. The molecule has 2 aromatic carbocycles. The van der Waals surface area contributed by atoms with Crippen LogP contribution in [0.4, 0.5) is 5.69 Å². The monoisotopic (exact) mass is 824 g/mol. The van der Waals surface area contributed by atoms with Crippen molar-refractivity contribution in [1.29, 1.82) is 0 Å². The van der Waals surface area contributed by atoms with Crippen molar-refractivity contribution < 1.29 is 38.9 Å². The number of fused-ring (bicyclic) bond motifs is 1. The van der Waals surface area contributed by atoms with Crippen molar-refractivity contribution in [2.24, 2.45) is 11.8 Å². The van der Waals surface area contributed by atoms with Gasteiger partial charge in [0.15, 0.2) is 0 Å². The fourth-order valence-corrected chi connectivity index (χ4v) is 8.43. The number of aryl methyl sites for hydroxylation is 2. The summed E-state index contributed by atoms with van der Waals surface area (Å²) in [6.07, 6.45) is 9.52. The molecule has 2 heterocycles. The molecular weight excluding hydrogens is 761 g/mol. The van der Waals surface area contributed by atoms with Crippen molar-refractivity contribution in [2.75, 3.05) is 31.5 Å². The molecule has 0 spiro atoms. The highest BCUT2D eigenvalue weighted by Crippen LogP contribution is 2.41. The highest BCUT2D eigenvalue weighted by Gasteiger charge is 2.43. The number of carbonyl (C=O) groups excluding carboxylic acids is 4. The Bertz CT molecular complexity index is 1980. The van der Waals surface area contributed by atoms with Gasteiger partial charge in [-0.3, -0.25) is 19.2 Å². The normalized spacial score (nSPS) is 19.8. The summed E-state index contributed by atoms with van der Waals surface area (Å²) in [5, 5.41) is 27.7. The second-order valence-corrected chi connectivity index (χ2v) is 16.0. The van der Waals surface area contributed by atoms with Crippen LogP contribution >= 0.6 is 0 Å². The number of nitrogens with zero attached hydrogens (tertiary/aromatic N) is 1. The maximum absolute atomic E-state index is 13.1. The molecule has 60 heavy (non-hydrogen) atoms. The van der Waals surface area contributed by atoms with Gasteiger partial charge in [-0.1, -0.05) is 63.3 Å². The molecule has 3 aromatic rings. The summed E-state index contributed by atoms with van der Waals surface area (Å²) < 4.78 is 11.5. The molecule has 1 saturated carbocycles. The number of allylic oxidation sites excluding steroid dienone is 2. The van der Waals surface area contributed by atoms with Gasteiger partial charge in [-0.25, -0.2) is 0 Å². The number of benzene rings is 2. The first kappa shape index (κ1) is 46.0. The van der Waals surface area contributed by atoms with E-state index >= 15 is 0 Å². The number of unbranched alkanes of at least 4 members (excludes halogenated alkanes) is 1. The second-order valence-electron chi connectivity index (χ2n) is 16.0. The molecule has 2 aliphatic rings. The van der Waals surface area contributed by atoms with E-state index in [0.717, 1.165) is 31.6 Å². The number of aromatic nitrogens is 1. The van der Waals surface area contributed by atoms with Gasteiger partial charge >= 0.3 is 11.9 Å². The molecule has 0 unspecified atom stereocenters. The van der Waals surface area contributed by atoms with E-state index < -0.39 is 18.2 Å². The van der Waals surface area contributed by atoms with Gasteiger partial charge in [0, 0.05) is 60.9 Å². The average molecular weight is 825 g/mol. The van der Waals surface area contributed by atoms with Crippen molar-refractivity contribution in [2.45, 2.75) is 117 Å². The minimum Gasteiger partial charge on any atom is -0.462 e. The summed E-state index contributed by atoms with van der Waals surface area (Å²) in [6.45, 7) is 12.8. The molecule has 1 aromatic heterocycles. The Morgan fingerprint density at radius 3 is 2.50 bits per heavy atom. The van der Waals surface area contributed by atoms with Crippen molar-refractivity contribution in [1.82, 2.24) is 15.2 Å². The second kappa shape index (κ2) is 22.5. The summed E-state index contributed by atoms with van der Waals surface area (Å²) in [4.78, 5) is 56.8. The Labute approximate surface area is 354 Å². The van der Waals surface area contributed by atoms with Gasteiger partial charge in [0.1, 0.15) is 11.9 Å². The smallest absolute Gasteiger partial charge is 0.311 e. The number of rotatable bonds is 22. The number of aliphatic hydroxyl groups is 2. The van der Waals surface area contributed by atoms with Crippen LogP contribution in [0.2, 0.25) is 0 Å². The fraction of sp³-hybridized carbons (Fsp3) is 0.500. The number of H-pyrrole nitrogens is 1. The van der Waals surface area contributed by atoms with Crippen molar-refractivity contribution in [3.05, 3.63) is 94.3 Å². The third kappa shape index (κ3) is 12.5. The zero-order valence-electron chi connectivity index (χ0n) is 35.9. The van der Waals surface area contributed by atoms with E-state index in [1.807, 2.05) is 44.2 Å². The number of nitrogens with one attached hydrogen (secondary N) is 3. The van der Waals surface area contributed by atoms with E-state index in [1.54, 1.807) is 31.2 Å². The minimum atomic E-state index is -0.619.